The number of rotatable bonds is 8. The fourth-order valence-corrected chi connectivity index (χ4v) is 2.42. The second-order valence-electron chi connectivity index (χ2n) is 6.94. The van der Waals surface area contributed by atoms with Gasteiger partial charge in [-0.1, -0.05) is 27.2 Å². The number of nitrogens with one attached hydrogen (secondary N) is 2. The molecule has 132 valence electrons. The number of amides is 2. The normalized spacial score (nSPS) is 16.5. The van der Waals surface area contributed by atoms with Gasteiger partial charge in [-0.3, -0.25) is 4.68 Å². The second-order valence-corrected chi connectivity index (χ2v) is 6.94. The van der Waals surface area contributed by atoms with Crippen molar-refractivity contribution >= 4 is 6.03 Å². The van der Waals surface area contributed by atoms with Crippen LogP contribution in [0.25, 0.3) is 0 Å². The number of hydrogen-bond acceptors (Lipinski definition) is 3. The zero-order valence-corrected chi connectivity index (χ0v) is 15.3. The zero-order valence-electron chi connectivity index (χ0n) is 15.3. The Labute approximate surface area is 139 Å². The average Bonchev–Trinajstić information content (AvgIpc) is 2.79. The van der Waals surface area contributed by atoms with E-state index in [1.165, 1.54) is 0 Å². The molecule has 0 saturated heterocycles. The number of urea groups is 1. The van der Waals surface area contributed by atoms with Crippen LogP contribution >= 0.6 is 0 Å². The minimum atomic E-state index is -0.887. The fourth-order valence-electron chi connectivity index (χ4n) is 2.42. The fraction of sp³-hybridized carbons (Fsp3) is 0.765. The summed E-state index contributed by atoms with van der Waals surface area (Å²) in [5.74, 6) is 0.404. The topological polar surface area (TPSA) is 79.2 Å². The molecular weight excluding hydrogens is 292 g/mol. The number of aliphatic hydroxyl groups is 1. The van der Waals surface area contributed by atoms with E-state index in [0.29, 0.717) is 6.54 Å². The summed E-state index contributed by atoms with van der Waals surface area (Å²) in [5, 5.41) is 20.3. The van der Waals surface area contributed by atoms with E-state index in [-0.39, 0.29) is 24.4 Å². The third-order valence-electron chi connectivity index (χ3n) is 4.48. The maximum Gasteiger partial charge on any atom is 0.314 e. The van der Waals surface area contributed by atoms with Gasteiger partial charge in [0.05, 0.1) is 11.3 Å². The largest absolute Gasteiger partial charge is 0.388 e. The van der Waals surface area contributed by atoms with Gasteiger partial charge in [-0.05, 0) is 38.7 Å². The predicted octanol–water partition coefficient (Wildman–Crippen LogP) is 2.23. The number of nitrogens with zero attached hydrogens (tertiary/aromatic N) is 2. The Kier molecular flexibility index (Phi) is 7.06. The van der Waals surface area contributed by atoms with Gasteiger partial charge in [-0.2, -0.15) is 5.10 Å². The van der Waals surface area contributed by atoms with Crippen molar-refractivity contribution in [2.75, 3.05) is 13.1 Å². The Bertz CT molecular complexity index is 511. The molecule has 0 fully saturated rings. The lowest BCUT2D eigenvalue weighted by atomic mass is 9.89. The van der Waals surface area contributed by atoms with Crippen LogP contribution in [0.3, 0.4) is 0 Å². The number of aryl methyl sites for hydroxylation is 2. The van der Waals surface area contributed by atoms with Crippen LogP contribution in [0.5, 0.6) is 0 Å². The summed E-state index contributed by atoms with van der Waals surface area (Å²) in [4.78, 5) is 11.9. The summed E-state index contributed by atoms with van der Waals surface area (Å²) in [7, 11) is 0. The summed E-state index contributed by atoms with van der Waals surface area (Å²) in [6.45, 7) is 13.4. The lowest BCUT2D eigenvalue weighted by Gasteiger charge is -2.29. The van der Waals surface area contributed by atoms with Gasteiger partial charge in [0.25, 0.3) is 0 Å². The van der Waals surface area contributed by atoms with Crippen molar-refractivity contribution in [3.05, 3.63) is 17.5 Å². The van der Waals surface area contributed by atoms with E-state index >= 15 is 0 Å². The molecule has 1 aromatic heterocycles. The molecule has 23 heavy (non-hydrogen) atoms. The first kappa shape index (κ1) is 19.5. The van der Waals surface area contributed by atoms with Crippen molar-refractivity contribution in [3.8, 4) is 0 Å². The van der Waals surface area contributed by atoms with Gasteiger partial charge in [-0.25, -0.2) is 4.79 Å². The van der Waals surface area contributed by atoms with Gasteiger partial charge in [0, 0.05) is 25.3 Å². The molecule has 3 atom stereocenters. The van der Waals surface area contributed by atoms with Crippen LogP contribution < -0.4 is 10.6 Å². The van der Waals surface area contributed by atoms with E-state index in [4.69, 9.17) is 0 Å². The quantitative estimate of drug-likeness (QED) is 0.686. The first-order valence-corrected chi connectivity index (χ1v) is 8.40. The molecule has 6 nitrogen and oxygen atoms in total. The van der Waals surface area contributed by atoms with E-state index in [1.807, 2.05) is 38.4 Å². The third kappa shape index (κ3) is 6.22. The molecule has 0 spiro atoms. The summed E-state index contributed by atoms with van der Waals surface area (Å²) in [6, 6.07) is 1.80. The maximum absolute atomic E-state index is 11.9. The van der Waals surface area contributed by atoms with Gasteiger partial charge < -0.3 is 15.7 Å². The molecule has 3 N–H and O–H groups in total. The standard InChI is InChI=1S/C17H32N4O2/c1-7-13(3)17(6,23)11-19-16(22)18-9-12(2)10-21-15(5)8-14(4)20-21/h8,12-13,23H,7,9-11H2,1-6H3,(H2,18,19,22). The van der Waals surface area contributed by atoms with Gasteiger partial charge in [-0.15, -0.1) is 0 Å². The first-order valence-electron chi connectivity index (χ1n) is 8.40. The minimum Gasteiger partial charge on any atom is -0.388 e. The van der Waals surface area contributed by atoms with Gasteiger partial charge >= 0.3 is 6.03 Å². The van der Waals surface area contributed by atoms with Crippen LogP contribution in [0.4, 0.5) is 4.79 Å². The number of carbonyl (C=O) groups is 1. The summed E-state index contributed by atoms with van der Waals surface area (Å²) in [5.41, 5.74) is 1.25. The van der Waals surface area contributed by atoms with Gasteiger partial charge in [0.1, 0.15) is 0 Å². The van der Waals surface area contributed by atoms with Crippen molar-refractivity contribution in [1.29, 1.82) is 0 Å². The molecule has 0 aliphatic carbocycles. The zero-order chi connectivity index (χ0) is 17.6. The van der Waals surface area contributed by atoms with E-state index in [9.17, 15) is 9.90 Å². The molecule has 0 aromatic carbocycles. The number of carbonyl (C=O) groups excluding carboxylic acids is 1. The highest BCUT2D eigenvalue weighted by atomic mass is 16.3. The lowest BCUT2D eigenvalue weighted by molar-refractivity contribution is 0.00789. The van der Waals surface area contributed by atoms with Gasteiger partial charge in [0.2, 0.25) is 0 Å². The van der Waals surface area contributed by atoms with E-state index in [1.54, 1.807) is 6.92 Å². The van der Waals surface area contributed by atoms with Crippen molar-refractivity contribution in [2.45, 2.75) is 60.1 Å². The minimum absolute atomic E-state index is 0.132. The van der Waals surface area contributed by atoms with Crippen LogP contribution in [0.1, 0.15) is 45.5 Å². The highest BCUT2D eigenvalue weighted by Crippen LogP contribution is 2.18. The van der Waals surface area contributed by atoms with Crippen molar-refractivity contribution in [2.24, 2.45) is 11.8 Å². The van der Waals surface area contributed by atoms with Gasteiger partial charge in [0.15, 0.2) is 0 Å². The number of aromatic nitrogens is 2. The van der Waals surface area contributed by atoms with Crippen molar-refractivity contribution in [3.63, 3.8) is 0 Å². The van der Waals surface area contributed by atoms with Crippen molar-refractivity contribution < 1.29 is 9.90 Å². The smallest absolute Gasteiger partial charge is 0.314 e. The molecule has 6 heteroatoms. The molecular formula is C17H32N4O2. The predicted molar refractivity (Wildman–Crippen MR) is 92.3 cm³/mol. The third-order valence-corrected chi connectivity index (χ3v) is 4.48. The molecule has 3 unspecified atom stereocenters. The number of hydrogen-bond donors (Lipinski definition) is 3. The molecule has 1 aromatic rings. The molecule has 0 aliphatic heterocycles. The molecule has 0 saturated carbocycles. The van der Waals surface area contributed by atoms with E-state index in [2.05, 4.69) is 22.7 Å². The van der Waals surface area contributed by atoms with Crippen molar-refractivity contribution in [1.82, 2.24) is 20.4 Å². The Hall–Kier alpha value is -1.56. The van der Waals surface area contributed by atoms with Crippen LogP contribution in [0.15, 0.2) is 6.07 Å². The summed E-state index contributed by atoms with van der Waals surface area (Å²) >= 11 is 0. The summed E-state index contributed by atoms with van der Waals surface area (Å²) in [6.07, 6.45) is 0.871. The molecule has 0 aliphatic rings. The Morgan fingerprint density at radius 1 is 1.39 bits per heavy atom. The monoisotopic (exact) mass is 324 g/mol. The van der Waals surface area contributed by atoms with Crippen LogP contribution in [-0.2, 0) is 6.54 Å². The molecule has 2 amide bonds. The Morgan fingerprint density at radius 3 is 2.57 bits per heavy atom. The highest BCUT2D eigenvalue weighted by molar-refractivity contribution is 5.73. The van der Waals surface area contributed by atoms with Crippen LogP contribution in [0.2, 0.25) is 0 Å². The average molecular weight is 324 g/mol. The first-order chi connectivity index (χ1) is 10.7. The lowest BCUT2D eigenvalue weighted by Crippen LogP contribution is -2.48. The molecule has 1 rings (SSSR count). The van der Waals surface area contributed by atoms with Crippen LogP contribution in [-0.4, -0.2) is 39.6 Å². The SMILES string of the molecule is CCC(C)C(C)(O)CNC(=O)NCC(C)Cn1nc(C)cc1C. The van der Waals surface area contributed by atoms with E-state index < -0.39 is 5.60 Å². The molecule has 0 radical (unpaired) electrons. The molecule has 1 heterocycles. The second kappa shape index (κ2) is 8.34. The Balaban J connectivity index is 2.34. The van der Waals surface area contributed by atoms with E-state index in [0.717, 1.165) is 24.4 Å². The summed E-state index contributed by atoms with van der Waals surface area (Å²) < 4.78 is 1.97. The highest BCUT2D eigenvalue weighted by Gasteiger charge is 2.27. The Morgan fingerprint density at radius 2 is 2.04 bits per heavy atom. The van der Waals surface area contributed by atoms with Crippen LogP contribution in [0, 0.1) is 25.7 Å². The molecule has 0 bridgehead atoms. The maximum atomic E-state index is 11.9.